The van der Waals surface area contributed by atoms with Crippen LogP contribution in [-0.4, -0.2) is 77.7 Å². The average molecular weight is 641 g/mol. The SMILES string of the molecule is CC1=C(C(=O)OCC(=O)OCCN(C)Cc2ccccc2)C(c2c(F)cccc2Cl)C2=C(CS(=O)(=O)CCS2(=O)=O)N1. The van der Waals surface area contributed by atoms with Gasteiger partial charge >= 0.3 is 11.9 Å². The lowest BCUT2D eigenvalue weighted by atomic mass is 9.86. The Morgan fingerprint density at radius 1 is 1.05 bits per heavy atom. The molecule has 1 unspecified atom stereocenters. The number of esters is 2. The smallest absolute Gasteiger partial charge is 0.344 e. The Morgan fingerprint density at radius 3 is 2.45 bits per heavy atom. The van der Waals surface area contributed by atoms with Crippen LogP contribution in [0, 0.1) is 5.82 Å². The molecule has 226 valence electrons. The monoisotopic (exact) mass is 640 g/mol. The summed E-state index contributed by atoms with van der Waals surface area (Å²) < 4.78 is 77.4. The number of benzene rings is 2. The molecular formula is C28H30ClFN2O8S2. The summed E-state index contributed by atoms with van der Waals surface area (Å²) in [5.74, 6) is -6.53. The molecule has 0 saturated carbocycles. The van der Waals surface area contributed by atoms with Gasteiger partial charge in [0, 0.05) is 35.1 Å². The Kier molecular flexibility index (Phi) is 9.76. The third kappa shape index (κ3) is 7.38. The van der Waals surface area contributed by atoms with Crippen LogP contribution in [-0.2, 0) is 45.3 Å². The highest BCUT2D eigenvalue weighted by Gasteiger charge is 2.45. The lowest BCUT2D eigenvalue weighted by Crippen LogP contribution is -2.35. The second-order valence-electron chi connectivity index (χ2n) is 10.0. The number of hydrogen-bond acceptors (Lipinski definition) is 10. The minimum Gasteiger partial charge on any atom is -0.462 e. The maximum atomic E-state index is 15.2. The maximum Gasteiger partial charge on any atom is 0.344 e. The molecule has 1 atom stereocenters. The van der Waals surface area contributed by atoms with E-state index < -0.39 is 72.1 Å². The van der Waals surface area contributed by atoms with Gasteiger partial charge in [0.2, 0.25) is 0 Å². The van der Waals surface area contributed by atoms with Gasteiger partial charge in [-0.2, -0.15) is 0 Å². The number of carbonyl (C=O) groups is 2. The molecule has 42 heavy (non-hydrogen) atoms. The minimum absolute atomic E-state index is 0.0272. The number of dihydropyridines is 1. The summed E-state index contributed by atoms with van der Waals surface area (Å²) in [5.41, 5.74) is 0.280. The Morgan fingerprint density at radius 2 is 1.76 bits per heavy atom. The molecule has 10 nitrogen and oxygen atoms in total. The average Bonchev–Trinajstić information content (AvgIpc) is 2.99. The summed E-state index contributed by atoms with van der Waals surface area (Å²) in [6, 6.07) is 13.4. The van der Waals surface area contributed by atoms with E-state index in [2.05, 4.69) is 5.32 Å². The summed E-state index contributed by atoms with van der Waals surface area (Å²) in [7, 11) is -6.29. The molecule has 2 aromatic carbocycles. The number of ether oxygens (including phenoxy) is 2. The summed E-state index contributed by atoms with van der Waals surface area (Å²) in [5, 5.41) is 2.53. The van der Waals surface area contributed by atoms with Gasteiger partial charge in [0.15, 0.2) is 26.3 Å². The van der Waals surface area contributed by atoms with E-state index in [9.17, 15) is 26.4 Å². The molecule has 2 aliphatic heterocycles. The maximum absolute atomic E-state index is 15.2. The summed E-state index contributed by atoms with van der Waals surface area (Å²) in [4.78, 5) is 27.2. The van der Waals surface area contributed by atoms with Crippen molar-refractivity contribution in [3.63, 3.8) is 0 Å². The van der Waals surface area contributed by atoms with Crippen molar-refractivity contribution in [3.05, 3.63) is 92.4 Å². The predicted octanol–water partition coefficient (Wildman–Crippen LogP) is 2.71. The van der Waals surface area contributed by atoms with Gasteiger partial charge in [-0.25, -0.2) is 30.8 Å². The van der Waals surface area contributed by atoms with E-state index in [1.54, 1.807) is 0 Å². The van der Waals surface area contributed by atoms with E-state index in [1.807, 2.05) is 42.3 Å². The van der Waals surface area contributed by atoms with Crippen molar-refractivity contribution in [2.45, 2.75) is 19.4 Å². The van der Waals surface area contributed by atoms with Crippen molar-refractivity contribution in [1.82, 2.24) is 10.2 Å². The zero-order valence-electron chi connectivity index (χ0n) is 22.9. The van der Waals surface area contributed by atoms with Gasteiger partial charge in [0.1, 0.15) is 12.4 Å². The van der Waals surface area contributed by atoms with Gasteiger partial charge in [-0.3, -0.25) is 4.90 Å². The Balaban J connectivity index is 1.53. The van der Waals surface area contributed by atoms with Crippen molar-refractivity contribution in [1.29, 1.82) is 0 Å². The number of allylic oxidation sites excluding steroid dienone is 2. The Labute approximate surface area is 249 Å². The highest BCUT2D eigenvalue weighted by Crippen LogP contribution is 2.45. The molecule has 2 aromatic rings. The fourth-order valence-electron chi connectivity index (χ4n) is 4.86. The molecule has 0 radical (unpaired) electrons. The van der Waals surface area contributed by atoms with E-state index >= 15 is 4.39 Å². The van der Waals surface area contributed by atoms with Crippen LogP contribution in [0.3, 0.4) is 0 Å². The molecule has 0 aromatic heterocycles. The first-order chi connectivity index (χ1) is 19.8. The van der Waals surface area contributed by atoms with Gasteiger partial charge in [-0.1, -0.05) is 48.0 Å². The van der Waals surface area contributed by atoms with Crippen LogP contribution in [0.1, 0.15) is 24.0 Å². The van der Waals surface area contributed by atoms with Crippen LogP contribution in [0.15, 0.2) is 70.4 Å². The number of rotatable bonds is 9. The van der Waals surface area contributed by atoms with Gasteiger partial charge in [0.25, 0.3) is 0 Å². The second-order valence-corrected chi connectivity index (χ2v) is 14.7. The van der Waals surface area contributed by atoms with Crippen LogP contribution in [0.25, 0.3) is 0 Å². The van der Waals surface area contributed by atoms with Gasteiger partial charge < -0.3 is 14.8 Å². The zero-order valence-corrected chi connectivity index (χ0v) is 25.3. The lowest BCUT2D eigenvalue weighted by Gasteiger charge is -2.31. The Hall–Kier alpha value is -3.26. The fraction of sp³-hybridized carbons (Fsp3) is 0.357. The summed E-state index contributed by atoms with van der Waals surface area (Å²) >= 11 is 6.31. The fourth-order valence-corrected chi connectivity index (χ4v) is 9.24. The predicted molar refractivity (Wildman–Crippen MR) is 154 cm³/mol. The number of hydrogen-bond donors (Lipinski definition) is 1. The Bertz CT molecular complexity index is 1640. The first kappa shape index (κ1) is 31.7. The molecule has 0 fully saturated rings. The van der Waals surface area contributed by atoms with E-state index in [-0.39, 0.29) is 34.2 Å². The highest BCUT2D eigenvalue weighted by molar-refractivity contribution is 7.98. The van der Waals surface area contributed by atoms with E-state index in [4.69, 9.17) is 21.1 Å². The largest absolute Gasteiger partial charge is 0.462 e. The van der Waals surface area contributed by atoms with Crippen molar-refractivity contribution < 1.29 is 40.3 Å². The number of sulfone groups is 2. The highest BCUT2D eigenvalue weighted by atomic mass is 35.5. The van der Waals surface area contributed by atoms with Crippen LogP contribution in [0.5, 0.6) is 0 Å². The molecule has 14 heteroatoms. The van der Waals surface area contributed by atoms with Crippen LogP contribution >= 0.6 is 11.6 Å². The number of nitrogens with zero attached hydrogens (tertiary/aromatic N) is 1. The molecular weight excluding hydrogens is 611 g/mol. The number of carbonyl (C=O) groups excluding carboxylic acids is 2. The van der Waals surface area contributed by atoms with Crippen LogP contribution < -0.4 is 5.32 Å². The zero-order chi connectivity index (χ0) is 30.7. The van der Waals surface area contributed by atoms with E-state index in [0.29, 0.717) is 13.1 Å². The molecule has 2 heterocycles. The number of nitrogens with one attached hydrogen (secondary N) is 1. The molecule has 2 aliphatic rings. The third-order valence-corrected chi connectivity index (χ3v) is 10.9. The molecule has 0 bridgehead atoms. The van der Waals surface area contributed by atoms with Crippen LogP contribution in [0.4, 0.5) is 4.39 Å². The topological polar surface area (TPSA) is 136 Å². The number of halogens is 2. The van der Waals surface area contributed by atoms with Crippen molar-refractivity contribution in [2.75, 3.05) is 44.1 Å². The molecule has 1 N–H and O–H groups in total. The molecule has 4 rings (SSSR count). The second kappa shape index (κ2) is 12.9. The van der Waals surface area contributed by atoms with Crippen molar-refractivity contribution in [2.24, 2.45) is 0 Å². The van der Waals surface area contributed by atoms with Crippen molar-refractivity contribution in [3.8, 4) is 0 Å². The first-order valence-electron chi connectivity index (χ1n) is 12.9. The number of likely N-dealkylation sites (N-methyl/N-ethyl adjacent to an activating group) is 1. The quantitative estimate of drug-likeness (QED) is 0.408. The van der Waals surface area contributed by atoms with Crippen molar-refractivity contribution >= 4 is 43.2 Å². The molecule has 0 saturated heterocycles. The molecule has 0 amide bonds. The normalized spacial score (nSPS) is 19.5. The van der Waals surface area contributed by atoms with Gasteiger partial charge in [0.05, 0.1) is 33.7 Å². The van der Waals surface area contributed by atoms with E-state index in [0.717, 1.165) is 11.6 Å². The first-order valence-corrected chi connectivity index (χ1v) is 16.8. The molecule has 0 aliphatic carbocycles. The summed E-state index contributed by atoms with van der Waals surface area (Å²) in [6.45, 7) is 1.68. The van der Waals surface area contributed by atoms with Gasteiger partial charge in [-0.05, 0) is 31.7 Å². The lowest BCUT2D eigenvalue weighted by molar-refractivity contribution is -0.157. The molecule has 0 spiro atoms. The summed E-state index contributed by atoms with van der Waals surface area (Å²) in [6.07, 6.45) is 0. The van der Waals surface area contributed by atoms with E-state index in [1.165, 1.54) is 19.1 Å². The standard InChI is InChI=1S/C28H30ClFN2O8S2/c1-18-24(28(34)40-16-23(33)39-12-11-32(2)15-19-7-4-3-5-8-19)26(25-20(29)9-6-10-21(25)30)27-22(31-18)17-41(35,36)13-14-42(27,37)38/h3-10,26,31H,11-17H2,1-2H3. The van der Waals surface area contributed by atoms with Crippen LogP contribution in [0.2, 0.25) is 5.02 Å². The van der Waals surface area contributed by atoms with Gasteiger partial charge in [-0.15, -0.1) is 0 Å². The minimum atomic E-state index is -4.31. The third-order valence-electron chi connectivity index (χ3n) is 6.81.